The van der Waals surface area contributed by atoms with Crippen LogP contribution in [0.3, 0.4) is 0 Å². The van der Waals surface area contributed by atoms with E-state index in [1.165, 1.54) is 6.92 Å². The van der Waals surface area contributed by atoms with Crippen LogP contribution in [0, 0.1) is 6.92 Å². The van der Waals surface area contributed by atoms with E-state index in [4.69, 9.17) is 4.84 Å². The van der Waals surface area contributed by atoms with Crippen LogP contribution in [0.5, 0.6) is 0 Å². The topological polar surface area (TPSA) is 55.7 Å². The van der Waals surface area contributed by atoms with Crippen LogP contribution in [0.15, 0.2) is 93.8 Å². The minimum absolute atomic E-state index is 0.107. The summed E-state index contributed by atoms with van der Waals surface area (Å²) >= 11 is 1.57. The van der Waals surface area contributed by atoms with Gasteiger partial charge in [0, 0.05) is 27.8 Å². The number of hydrogen-bond acceptors (Lipinski definition) is 5. The third kappa shape index (κ3) is 4.96. The number of rotatable bonds is 6. The third-order valence-electron chi connectivity index (χ3n) is 3.96. The Morgan fingerprint density at radius 3 is 2.25 bits per heavy atom. The molecule has 0 saturated heterocycles. The van der Waals surface area contributed by atoms with Gasteiger partial charge in [-0.25, -0.2) is 4.79 Å². The maximum absolute atomic E-state index is 13.2. The Balaban J connectivity index is 1.95. The highest BCUT2D eigenvalue weighted by Crippen LogP contribution is 2.28. The second kappa shape index (κ2) is 9.15. The standard InChI is InChI=1S/C23H19NO3S/c1-16-9-6-7-14-21(16)22(24-27-17(2)25)23(26)18-10-8-13-20(15-18)28-19-11-4-3-5-12-19/h3-15H,1-2H3/b24-22+. The number of aryl methyl sites for hydroxylation is 1. The summed E-state index contributed by atoms with van der Waals surface area (Å²) in [5, 5.41) is 3.86. The van der Waals surface area contributed by atoms with Crippen LogP contribution in [0.25, 0.3) is 0 Å². The highest BCUT2D eigenvalue weighted by molar-refractivity contribution is 7.99. The van der Waals surface area contributed by atoms with Crippen molar-refractivity contribution >= 4 is 29.2 Å². The summed E-state index contributed by atoms with van der Waals surface area (Å²) in [7, 11) is 0. The fraction of sp³-hybridized carbons (Fsp3) is 0.0870. The molecule has 3 rings (SSSR count). The van der Waals surface area contributed by atoms with Crippen LogP contribution in [-0.4, -0.2) is 17.5 Å². The van der Waals surface area contributed by atoms with Crippen molar-refractivity contribution in [1.29, 1.82) is 0 Å². The van der Waals surface area contributed by atoms with Crippen molar-refractivity contribution in [3.8, 4) is 0 Å². The molecule has 0 fully saturated rings. The van der Waals surface area contributed by atoms with Gasteiger partial charge in [0.2, 0.25) is 5.78 Å². The van der Waals surface area contributed by atoms with E-state index < -0.39 is 5.97 Å². The molecule has 3 aromatic rings. The zero-order chi connectivity index (χ0) is 19.9. The molecule has 140 valence electrons. The van der Waals surface area contributed by atoms with Crippen molar-refractivity contribution in [2.75, 3.05) is 0 Å². The average molecular weight is 389 g/mol. The first-order valence-corrected chi connectivity index (χ1v) is 9.55. The van der Waals surface area contributed by atoms with Crippen LogP contribution in [0.4, 0.5) is 0 Å². The van der Waals surface area contributed by atoms with Gasteiger partial charge in [-0.05, 0) is 36.8 Å². The first kappa shape index (κ1) is 19.6. The van der Waals surface area contributed by atoms with Crippen LogP contribution in [0.1, 0.15) is 28.4 Å². The Kier molecular flexibility index (Phi) is 6.40. The minimum Gasteiger partial charge on any atom is -0.318 e. The highest BCUT2D eigenvalue weighted by Gasteiger charge is 2.20. The number of nitrogens with zero attached hydrogens (tertiary/aromatic N) is 1. The summed E-state index contributed by atoms with van der Waals surface area (Å²) in [5.74, 6) is -0.877. The normalized spacial score (nSPS) is 11.1. The monoisotopic (exact) mass is 389 g/mol. The van der Waals surface area contributed by atoms with Gasteiger partial charge in [-0.2, -0.15) is 0 Å². The van der Waals surface area contributed by atoms with Gasteiger partial charge in [0.05, 0.1) is 0 Å². The van der Waals surface area contributed by atoms with Gasteiger partial charge >= 0.3 is 5.97 Å². The number of oxime groups is 1. The number of Topliss-reactive ketones (excluding diaryl/α,β-unsaturated/α-hetero) is 1. The summed E-state index contributed by atoms with van der Waals surface area (Å²) in [6, 6.07) is 24.6. The molecule has 0 spiro atoms. The molecular weight excluding hydrogens is 370 g/mol. The Hall–Kier alpha value is -3.18. The molecule has 0 heterocycles. The first-order chi connectivity index (χ1) is 13.5. The van der Waals surface area contributed by atoms with Gasteiger partial charge in [0.25, 0.3) is 0 Å². The van der Waals surface area contributed by atoms with Gasteiger partial charge in [0.1, 0.15) is 0 Å². The molecule has 0 bridgehead atoms. The zero-order valence-corrected chi connectivity index (χ0v) is 16.4. The summed E-state index contributed by atoms with van der Waals surface area (Å²) in [6.07, 6.45) is 0. The predicted molar refractivity (Wildman–Crippen MR) is 111 cm³/mol. The summed E-state index contributed by atoms with van der Waals surface area (Å²) in [6.45, 7) is 3.13. The van der Waals surface area contributed by atoms with Crippen LogP contribution in [-0.2, 0) is 9.63 Å². The lowest BCUT2D eigenvalue weighted by atomic mass is 9.97. The van der Waals surface area contributed by atoms with Crippen molar-refractivity contribution < 1.29 is 14.4 Å². The number of ketones is 1. The van der Waals surface area contributed by atoms with E-state index in [2.05, 4.69) is 5.16 Å². The Morgan fingerprint density at radius 1 is 0.857 bits per heavy atom. The maximum Gasteiger partial charge on any atom is 0.332 e. The fourth-order valence-corrected chi connectivity index (χ4v) is 3.52. The SMILES string of the molecule is CC(=O)O/N=C(/C(=O)c1cccc(Sc2ccccc2)c1)c1ccccc1C. The van der Waals surface area contributed by atoms with Gasteiger partial charge in [-0.15, -0.1) is 0 Å². The summed E-state index contributed by atoms with van der Waals surface area (Å²) in [4.78, 5) is 31.2. The molecule has 0 radical (unpaired) electrons. The maximum atomic E-state index is 13.2. The highest BCUT2D eigenvalue weighted by atomic mass is 32.2. The molecule has 0 aromatic heterocycles. The van der Waals surface area contributed by atoms with Crippen molar-refractivity contribution in [2.24, 2.45) is 5.16 Å². The van der Waals surface area contributed by atoms with Crippen LogP contribution in [0.2, 0.25) is 0 Å². The fourth-order valence-electron chi connectivity index (χ4n) is 2.62. The molecule has 3 aromatic carbocycles. The van der Waals surface area contributed by atoms with Crippen molar-refractivity contribution in [2.45, 2.75) is 23.6 Å². The lowest BCUT2D eigenvalue weighted by Gasteiger charge is -2.09. The van der Waals surface area contributed by atoms with Crippen LogP contribution >= 0.6 is 11.8 Å². The Bertz CT molecular complexity index is 1030. The molecule has 0 aliphatic carbocycles. The predicted octanol–water partition coefficient (Wildman–Crippen LogP) is 5.30. The summed E-state index contributed by atoms with van der Waals surface area (Å²) in [5.41, 5.74) is 2.09. The van der Waals surface area contributed by atoms with Crippen LogP contribution < -0.4 is 0 Å². The van der Waals surface area contributed by atoms with E-state index >= 15 is 0 Å². The minimum atomic E-state index is -0.577. The molecular formula is C23H19NO3S. The second-order valence-electron chi connectivity index (χ2n) is 6.11. The average Bonchev–Trinajstić information content (AvgIpc) is 2.70. The number of carbonyl (C=O) groups is 2. The van der Waals surface area contributed by atoms with Gasteiger partial charge in [-0.1, -0.05) is 71.5 Å². The molecule has 0 amide bonds. The lowest BCUT2D eigenvalue weighted by molar-refractivity contribution is -0.140. The van der Waals surface area contributed by atoms with E-state index in [-0.39, 0.29) is 11.5 Å². The lowest BCUT2D eigenvalue weighted by Crippen LogP contribution is -2.18. The molecule has 0 unspecified atom stereocenters. The third-order valence-corrected chi connectivity index (χ3v) is 4.95. The van der Waals surface area contributed by atoms with Crippen molar-refractivity contribution in [1.82, 2.24) is 0 Å². The van der Waals surface area contributed by atoms with Gasteiger partial charge in [-0.3, -0.25) is 4.79 Å². The molecule has 0 aliphatic heterocycles. The van der Waals surface area contributed by atoms with E-state index in [0.717, 1.165) is 15.4 Å². The second-order valence-corrected chi connectivity index (χ2v) is 7.26. The quantitative estimate of drug-likeness (QED) is 0.249. The van der Waals surface area contributed by atoms with Crippen molar-refractivity contribution in [3.05, 3.63) is 95.6 Å². The van der Waals surface area contributed by atoms with E-state index in [9.17, 15) is 9.59 Å². The van der Waals surface area contributed by atoms with E-state index in [0.29, 0.717) is 11.1 Å². The first-order valence-electron chi connectivity index (χ1n) is 8.74. The molecule has 0 saturated carbocycles. The van der Waals surface area contributed by atoms with Gasteiger partial charge in [0.15, 0.2) is 5.71 Å². The van der Waals surface area contributed by atoms with Gasteiger partial charge < -0.3 is 4.84 Å². The smallest absolute Gasteiger partial charge is 0.318 e. The number of carbonyl (C=O) groups excluding carboxylic acids is 2. The number of benzene rings is 3. The largest absolute Gasteiger partial charge is 0.332 e. The molecule has 0 aliphatic rings. The van der Waals surface area contributed by atoms with Crippen molar-refractivity contribution in [3.63, 3.8) is 0 Å². The van der Waals surface area contributed by atoms with E-state index in [1.54, 1.807) is 23.9 Å². The number of hydrogen-bond donors (Lipinski definition) is 0. The molecule has 0 atom stereocenters. The summed E-state index contributed by atoms with van der Waals surface area (Å²) < 4.78 is 0. The Labute approximate surface area is 168 Å². The zero-order valence-electron chi connectivity index (χ0n) is 15.6. The molecule has 28 heavy (non-hydrogen) atoms. The molecule has 5 heteroatoms. The van der Waals surface area contributed by atoms with E-state index in [1.807, 2.05) is 73.7 Å². The molecule has 4 nitrogen and oxygen atoms in total. The Morgan fingerprint density at radius 2 is 1.54 bits per heavy atom. The molecule has 0 N–H and O–H groups in total.